The van der Waals surface area contributed by atoms with Gasteiger partial charge in [-0.15, -0.1) is 0 Å². The Kier molecular flexibility index (Phi) is 3.34. The number of aromatic hydroxyl groups is 1. The predicted molar refractivity (Wildman–Crippen MR) is 94.2 cm³/mol. The lowest BCUT2D eigenvalue weighted by molar-refractivity contribution is 0.0185. The molecular formula is C21H20O6. The maximum atomic E-state index is 10.5. The van der Waals surface area contributed by atoms with E-state index in [0.29, 0.717) is 19.8 Å². The molecule has 2 aromatic rings. The summed E-state index contributed by atoms with van der Waals surface area (Å²) in [7, 11) is 0. The Balaban J connectivity index is 1.29. The molecule has 0 saturated carbocycles. The van der Waals surface area contributed by atoms with Crippen LogP contribution < -0.4 is 14.2 Å². The van der Waals surface area contributed by atoms with E-state index in [-0.39, 0.29) is 36.6 Å². The standard InChI is InChI=1S/C21H20O6/c22-16-7-18-11(3-4-23-18)5-13(16)21-15-9-24-20(14(15)8-25-21)12-1-2-17-19(6-12)27-10-26-17/h1-2,5-7,14-15,20-22H,3-4,8-10H2/t14?,15?,20?,21-/m1/s1. The highest BCUT2D eigenvalue weighted by molar-refractivity contribution is 5.49. The van der Waals surface area contributed by atoms with Crippen molar-refractivity contribution in [3.63, 3.8) is 0 Å². The first-order valence-electron chi connectivity index (χ1n) is 9.39. The first-order chi connectivity index (χ1) is 13.3. The average Bonchev–Trinajstić information content (AvgIpc) is 3.43. The molecule has 4 aliphatic heterocycles. The van der Waals surface area contributed by atoms with Crippen LogP contribution >= 0.6 is 0 Å². The highest BCUT2D eigenvalue weighted by atomic mass is 16.7. The van der Waals surface area contributed by atoms with Gasteiger partial charge in [0.05, 0.1) is 32.0 Å². The largest absolute Gasteiger partial charge is 0.507 e. The van der Waals surface area contributed by atoms with Gasteiger partial charge in [0.1, 0.15) is 11.5 Å². The number of ether oxygens (including phenoxy) is 5. The van der Waals surface area contributed by atoms with Gasteiger partial charge >= 0.3 is 0 Å². The lowest BCUT2D eigenvalue weighted by Gasteiger charge is -2.18. The molecule has 2 fully saturated rings. The molecule has 2 saturated heterocycles. The molecule has 0 spiro atoms. The number of fused-ring (bicyclic) bond motifs is 3. The van der Waals surface area contributed by atoms with Gasteiger partial charge < -0.3 is 28.8 Å². The van der Waals surface area contributed by atoms with E-state index in [4.69, 9.17) is 23.7 Å². The minimum Gasteiger partial charge on any atom is -0.507 e. The third kappa shape index (κ3) is 2.33. The van der Waals surface area contributed by atoms with E-state index < -0.39 is 0 Å². The van der Waals surface area contributed by atoms with E-state index in [1.54, 1.807) is 6.07 Å². The number of phenolic OH excluding ortho intramolecular Hbond substituents is 1. The Bertz CT molecular complexity index is 910. The Morgan fingerprint density at radius 2 is 1.63 bits per heavy atom. The quantitative estimate of drug-likeness (QED) is 0.879. The Morgan fingerprint density at radius 3 is 2.56 bits per heavy atom. The van der Waals surface area contributed by atoms with Gasteiger partial charge in [-0.2, -0.15) is 0 Å². The summed E-state index contributed by atoms with van der Waals surface area (Å²) in [5.41, 5.74) is 3.07. The Morgan fingerprint density at radius 1 is 0.815 bits per heavy atom. The molecule has 1 N–H and O–H groups in total. The van der Waals surface area contributed by atoms with Gasteiger partial charge in [-0.05, 0) is 29.3 Å². The second kappa shape index (κ2) is 5.78. The van der Waals surface area contributed by atoms with Gasteiger partial charge in [0, 0.05) is 29.9 Å². The van der Waals surface area contributed by atoms with Gasteiger partial charge in [0.25, 0.3) is 0 Å². The highest BCUT2D eigenvalue weighted by Gasteiger charge is 2.49. The monoisotopic (exact) mass is 368 g/mol. The van der Waals surface area contributed by atoms with Crippen LogP contribution in [0.15, 0.2) is 30.3 Å². The molecule has 140 valence electrons. The first-order valence-corrected chi connectivity index (χ1v) is 9.39. The summed E-state index contributed by atoms with van der Waals surface area (Å²) in [5.74, 6) is 3.04. The smallest absolute Gasteiger partial charge is 0.231 e. The third-order valence-electron chi connectivity index (χ3n) is 6.13. The van der Waals surface area contributed by atoms with E-state index >= 15 is 0 Å². The van der Waals surface area contributed by atoms with Crippen molar-refractivity contribution in [1.82, 2.24) is 0 Å². The number of benzene rings is 2. The minimum atomic E-state index is -0.153. The Labute approximate surface area is 156 Å². The van der Waals surface area contributed by atoms with Crippen LogP contribution in [0.3, 0.4) is 0 Å². The summed E-state index contributed by atoms with van der Waals surface area (Å²) in [5, 5.41) is 10.5. The van der Waals surface area contributed by atoms with E-state index in [2.05, 4.69) is 0 Å². The van der Waals surface area contributed by atoms with Crippen molar-refractivity contribution in [1.29, 1.82) is 0 Å². The molecule has 0 aromatic heterocycles. The summed E-state index contributed by atoms with van der Waals surface area (Å²) < 4.78 is 28.8. The second-order valence-corrected chi connectivity index (χ2v) is 7.57. The van der Waals surface area contributed by atoms with Crippen LogP contribution in [0.5, 0.6) is 23.0 Å². The van der Waals surface area contributed by atoms with Crippen LogP contribution in [0.1, 0.15) is 28.9 Å². The van der Waals surface area contributed by atoms with Gasteiger partial charge in [-0.3, -0.25) is 0 Å². The zero-order valence-corrected chi connectivity index (χ0v) is 14.7. The van der Waals surface area contributed by atoms with Crippen LogP contribution in [0.25, 0.3) is 0 Å². The fourth-order valence-electron chi connectivity index (χ4n) is 4.76. The molecule has 6 heteroatoms. The number of phenols is 1. The second-order valence-electron chi connectivity index (χ2n) is 7.57. The van der Waals surface area contributed by atoms with E-state index in [9.17, 15) is 5.11 Å². The zero-order valence-electron chi connectivity index (χ0n) is 14.7. The number of rotatable bonds is 2. The van der Waals surface area contributed by atoms with Crippen molar-refractivity contribution < 1.29 is 28.8 Å². The molecule has 4 heterocycles. The molecule has 27 heavy (non-hydrogen) atoms. The highest BCUT2D eigenvalue weighted by Crippen LogP contribution is 2.53. The van der Waals surface area contributed by atoms with Crippen LogP contribution in [0.2, 0.25) is 0 Å². The lowest BCUT2D eigenvalue weighted by Crippen LogP contribution is -2.14. The molecule has 4 aliphatic rings. The van der Waals surface area contributed by atoms with E-state index in [0.717, 1.165) is 40.4 Å². The molecule has 0 aliphatic carbocycles. The van der Waals surface area contributed by atoms with Crippen LogP contribution in [-0.4, -0.2) is 31.7 Å². The maximum Gasteiger partial charge on any atom is 0.231 e. The minimum absolute atomic E-state index is 0.0330. The predicted octanol–water partition coefficient (Wildman–Crippen LogP) is 3.13. The molecule has 3 unspecified atom stereocenters. The molecule has 0 amide bonds. The Hall–Kier alpha value is -2.44. The fourth-order valence-corrected chi connectivity index (χ4v) is 4.76. The van der Waals surface area contributed by atoms with Crippen LogP contribution in [-0.2, 0) is 15.9 Å². The molecule has 0 bridgehead atoms. The molecular weight excluding hydrogens is 348 g/mol. The molecule has 4 atom stereocenters. The number of hydrogen-bond donors (Lipinski definition) is 1. The lowest BCUT2D eigenvalue weighted by atomic mass is 9.84. The molecule has 0 radical (unpaired) electrons. The number of hydrogen-bond acceptors (Lipinski definition) is 6. The van der Waals surface area contributed by atoms with Crippen LogP contribution in [0.4, 0.5) is 0 Å². The van der Waals surface area contributed by atoms with Crippen molar-refractivity contribution in [2.24, 2.45) is 11.8 Å². The van der Waals surface area contributed by atoms with Crippen molar-refractivity contribution in [2.45, 2.75) is 18.6 Å². The van der Waals surface area contributed by atoms with E-state index in [1.807, 2.05) is 24.3 Å². The van der Waals surface area contributed by atoms with Gasteiger partial charge in [-0.25, -0.2) is 0 Å². The van der Waals surface area contributed by atoms with Crippen molar-refractivity contribution in [2.75, 3.05) is 26.6 Å². The van der Waals surface area contributed by atoms with Gasteiger partial charge in [0.15, 0.2) is 11.5 Å². The molecule has 6 rings (SSSR count). The summed E-state index contributed by atoms with van der Waals surface area (Å²) in [6, 6.07) is 9.75. The zero-order chi connectivity index (χ0) is 18.0. The van der Waals surface area contributed by atoms with Crippen molar-refractivity contribution in [3.8, 4) is 23.0 Å². The molecule has 2 aromatic carbocycles. The third-order valence-corrected chi connectivity index (χ3v) is 6.13. The first kappa shape index (κ1) is 15.6. The summed E-state index contributed by atoms with van der Waals surface area (Å²) in [4.78, 5) is 0. The normalized spacial score (nSPS) is 30.2. The van der Waals surface area contributed by atoms with Crippen LogP contribution in [0, 0.1) is 11.8 Å². The van der Waals surface area contributed by atoms with Gasteiger partial charge in [0.2, 0.25) is 6.79 Å². The topological polar surface area (TPSA) is 66.4 Å². The summed E-state index contributed by atoms with van der Waals surface area (Å²) in [6.07, 6.45) is 0.689. The summed E-state index contributed by atoms with van der Waals surface area (Å²) in [6.45, 7) is 2.16. The summed E-state index contributed by atoms with van der Waals surface area (Å²) >= 11 is 0. The SMILES string of the molecule is Oc1cc2c(cc1[C@H]1OCC3C(c4ccc5c(c4)OCO5)OCC31)CCO2. The average molecular weight is 368 g/mol. The molecule has 6 nitrogen and oxygen atoms in total. The fraction of sp³-hybridized carbons (Fsp3) is 0.429. The van der Waals surface area contributed by atoms with Crippen molar-refractivity contribution in [3.05, 3.63) is 47.0 Å². The maximum absolute atomic E-state index is 10.5. The van der Waals surface area contributed by atoms with Gasteiger partial charge in [-0.1, -0.05) is 6.07 Å². The van der Waals surface area contributed by atoms with E-state index in [1.165, 1.54) is 0 Å². The van der Waals surface area contributed by atoms with Crippen molar-refractivity contribution >= 4 is 0 Å².